The van der Waals surface area contributed by atoms with Crippen LogP contribution in [0.15, 0.2) is 54.6 Å². The molecule has 0 spiro atoms. The number of hydrogen-bond donors (Lipinski definition) is 2. The molecule has 4 heteroatoms. The summed E-state index contributed by atoms with van der Waals surface area (Å²) in [7, 11) is 0. The second-order valence-corrected chi connectivity index (χ2v) is 5.04. The fourth-order valence-electron chi connectivity index (χ4n) is 2.06. The molecular formula is C18H20N2O2. The maximum Gasteiger partial charge on any atom is 0.269 e. The van der Waals surface area contributed by atoms with Crippen LogP contribution in [-0.4, -0.2) is 11.8 Å². The van der Waals surface area contributed by atoms with Gasteiger partial charge in [0.05, 0.1) is 0 Å². The maximum atomic E-state index is 11.9. The molecule has 0 radical (unpaired) electrons. The molecule has 2 amide bonds. The summed E-state index contributed by atoms with van der Waals surface area (Å²) in [4.78, 5) is 23.6. The Kier molecular flexibility index (Phi) is 5.72. The highest BCUT2D eigenvalue weighted by molar-refractivity contribution is 5.95. The molecule has 0 fully saturated rings. The van der Waals surface area contributed by atoms with Crippen LogP contribution in [0.5, 0.6) is 0 Å². The molecule has 0 aliphatic rings. The molecule has 0 aromatic heterocycles. The van der Waals surface area contributed by atoms with E-state index in [1.807, 2.05) is 42.5 Å². The second-order valence-electron chi connectivity index (χ2n) is 5.04. The van der Waals surface area contributed by atoms with Crippen LogP contribution in [0, 0.1) is 0 Å². The van der Waals surface area contributed by atoms with Crippen molar-refractivity contribution in [2.75, 3.05) is 0 Å². The average Bonchev–Trinajstić information content (AvgIpc) is 2.58. The summed E-state index contributed by atoms with van der Waals surface area (Å²) in [6.07, 6.45) is 1.91. The molecule has 2 N–H and O–H groups in total. The zero-order valence-corrected chi connectivity index (χ0v) is 12.6. The molecule has 114 valence electrons. The van der Waals surface area contributed by atoms with E-state index >= 15 is 0 Å². The molecule has 0 aliphatic carbocycles. The number of rotatable bonds is 5. The largest absolute Gasteiger partial charge is 0.273 e. The Bertz CT molecular complexity index is 621. The fourth-order valence-corrected chi connectivity index (χ4v) is 2.06. The fraction of sp³-hybridized carbons (Fsp3) is 0.222. The highest BCUT2D eigenvalue weighted by Gasteiger charge is 2.07. The summed E-state index contributed by atoms with van der Waals surface area (Å²) in [5.41, 5.74) is 7.67. The Morgan fingerprint density at radius 3 is 2.18 bits per heavy atom. The molecule has 0 atom stereocenters. The van der Waals surface area contributed by atoms with Crippen LogP contribution < -0.4 is 10.9 Å². The molecule has 4 nitrogen and oxygen atoms in total. The third-order valence-electron chi connectivity index (χ3n) is 3.42. The summed E-state index contributed by atoms with van der Waals surface area (Å²) in [5.74, 6) is -0.516. The Morgan fingerprint density at radius 1 is 0.864 bits per heavy atom. The van der Waals surface area contributed by atoms with Crippen molar-refractivity contribution in [2.24, 2.45) is 0 Å². The summed E-state index contributed by atoms with van der Waals surface area (Å²) < 4.78 is 0. The minimum atomic E-state index is -0.310. The van der Waals surface area contributed by atoms with Crippen LogP contribution in [-0.2, 0) is 17.6 Å². The van der Waals surface area contributed by atoms with Gasteiger partial charge in [0.25, 0.3) is 5.91 Å². The van der Waals surface area contributed by atoms with E-state index in [0.717, 1.165) is 12.0 Å². The van der Waals surface area contributed by atoms with E-state index in [-0.39, 0.29) is 11.8 Å². The summed E-state index contributed by atoms with van der Waals surface area (Å²) in [6, 6.07) is 17.1. The van der Waals surface area contributed by atoms with Gasteiger partial charge in [-0.1, -0.05) is 49.4 Å². The zero-order valence-electron chi connectivity index (χ0n) is 12.6. The van der Waals surface area contributed by atoms with Gasteiger partial charge >= 0.3 is 0 Å². The van der Waals surface area contributed by atoms with Crippen LogP contribution in [0.4, 0.5) is 0 Å². The van der Waals surface area contributed by atoms with Crippen LogP contribution in [0.3, 0.4) is 0 Å². The molecule has 0 bridgehead atoms. The second kappa shape index (κ2) is 7.98. The van der Waals surface area contributed by atoms with Crippen molar-refractivity contribution in [1.82, 2.24) is 10.9 Å². The van der Waals surface area contributed by atoms with Crippen molar-refractivity contribution in [1.29, 1.82) is 0 Å². The van der Waals surface area contributed by atoms with E-state index in [0.29, 0.717) is 18.4 Å². The zero-order chi connectivity index (χ0) is 15.8. The van der Waals surface area contributed by atoms with E-state index in [4.69, 9.17) is 0 Å². The van der Waals surface area contributed by atoms with Gasteiger partial charge in [-0.15, -0.1) is 0 Å². The standard InChI is InChI=1S/C18H20N2O2/c1-2-14-8-11-16(12-9-14)18(22)20-19-17(21)13-10-15-6-4-3-5-7-15/h3-9,11-12H,2,10,13H2,1H3,(H,19,21)(H,20,22). The molecule has 2 aromatic rings. The summed E-state index contributed by atoms with van der Waals surface area (Å²) >= 11 is 0. The van der Waals surface area contributed by atoms with E-state index in [9.17, 15) is 9.59 Å². The summed E-state index contributed by atoms with van der Waals surface area (Å²) in [5, 5.41) is 0. The lowest BCUT2D eigenvalue weighted by atomic mass is 10.1. The van der Waals surface area contributed by atoms with Gasteiger partial charge in [-0.2, -0.15) is 0 Å². The van der Waals surface area contributed by atoms with Crippen molar-refractivity contribution in [3.8, 4) is 0 Å². The quantitative estimate of drug-likeness (QED) is 0.833. The Hall–Kier alpha value is -2.62. The van der Waals surface area contributed by atoms with Crippen LogP contribution in [0.1, 0.15) is 34.8 Å². The number of hydrazine groups is 1. The molecule has 0 saturated heterocycles. The van der Waals surface area contributed by atoms with Gasteiger partial charge in [0.15, 0.2) is 0 Å². The third kappa shape index (κ3) is 4.74. The monoisotopic (exact) mass is 296 g/mol. The van der Waals surface area contributed by atoms with Gasteiger partial charge in [0, 0.05) is 12.0 Å². The predicted molar refractivity (Wildman–Crippen MR) is 86.2 cm³/mol. The highest BCUT2D eigenvalue weighted by atomic mass is 16.2. The van der Waals surface area contributed by atoms with Gasteiger partial charge in [-0.25, -0.2) is 0 Å². The van der Waals surface area contributed by atoms with Crippen molar-refractivity contribution in [2.45, 2.75) is 26.2 Å². The molecule has 0 aliphatic heterocycles. The van der Waals surface area contributed by atoms with Gasteiger partial charge < -0.3 is 0 Å². The minimum absolute atomic E-state index is 0.206. The van der Waals surface area contributed by atoms with Crippen molar-refractivity contribution < 1.29 is 9.59 Å². The Labute approximate surface area is 130 Å². The first-order valence-electron chi connectivity index (χ1n) is 7.41. The third-order valence-corrected chi connectivity index (χ3v) is 3.42. The van der Waals surface area contributed by atoms with Crippen molar-refractivity contribution in [3.05, 3.63) is 71.3 Å². The SMILES string of the molecule is CCc1ccc(C(=O)NNC(=O)CCc2ccccc2)cc1. The normalized spacial score (nSPS) is 10.0. The maximum absolute atomic E-state index is 11.9. The number of nitrogens with one attached hydrogen (secondary N) is 2. The molecule has 0 heterocycles. The molecule has 2 aromatic carbocycles. The Balaban J connectivity index is 1.76. The first-order valence-corrected chi connectivity index (χ1v) is 7.41. The number of carbonyl (C=O) groups excluding carboxylic acids is 2. The first kappa shape index (κ1) is 15.8. The van der Waals surface area contributed by atoms with Crippen LogP contribution in [0.25, 0.3) is 0 Å². The predicted octanol–water partition coefficient (Wildman–Crippen LogP) is 2.64. The molecule has 0 unspecified atom stereocenters. The van der Waals surface area contributed by atoms with Gasteiger partial charge in [-0.3, -0.25) is 20.4 Å². The van der Waals surface area contributed by atoms with Crippen LogP contribution in [0.2, 0.25) is 0 Å². The van der Waals surface area contributed by atoms with Gasteiger partial charge in [0.2, 0.25) is 5.91 Å². The van der Waals surface area contributed by atoms with Crippen molar-refractivity contribution in [3.63, 3.8) is 0 Å². The summed E-state index contributed by atoms with van der Waals surface area (Å²) in [6.45, 7) is 2.06. The van der Waals surface area contributed by atoms with E-state index in [1.54, 1.807) is 12.1 Å². The number of hydrogen-bond acceptors (Lipinski definition) is 2. The van der Waals surface area contributed by atoms with Gasteiger partial charge in [-0.05, 0) is 36.1 Å². The number of benzene rings is 2. The van der Waals surface area contributed by atoms with Crippen LogP contribution >= 0.6 is 0 Å². The topological polar surface area (TPSA) is 58.2 Å². The Morgan fingerprint density at radius 2 is 1.55 bits per heavy atom. The molecular weight excluding hydrogens is 276 g/mol. The molecule has 22 heavy (non-hydrogen) atoms. The molecule has 2 rings (SSSR count). The smallest absolute Gasteiger partial charge is 0.269 e. The van der Waals surface area contributed by atoms with Crippen molar-refractivity contribution >= 4 is 11.8 Å². The number of carbonyl (C=O) groups is 2. The van der Waals surface area contributed by atoms with E-state index in [2.05, 4.69) is 17.8 Å². The molecule has 0 saturated carbocycles. The average molecular weight is 296 g/mol. The first-order chi connectivity index (χ1) is 10.7. The van der Waals surface area contributed by atoms with E-state index < -0.39 is 0 Å². The van der Waals surface area contributed by atoms with Gasteiger partial charge in [0.1, 0.15) is 0 Å². The number of aryl methyl sites for hydroxylation is 2. The minimum Gasteiger partial charge on any atom is -0.273 e. The number of amides is 2. The van der Waals surface area contributed by atoms with E-state index in [1.165, 1.54) is 5.56 Å². The lowest BCUT2D eigenvalue weighted by Gasteiger charge is -2.08. The lowest BCUT2D eigenvalue weighted by molar-refractivity contribution is -0.121. The highest BCUT2D eigenvalue weighted by Crippen LogP contribution is 2.05. The lowest BCUT2D eigenvalue weighted by Crippen LogP contribution is -2.41.